The summed E-state index contributed by atoms with van der Waals surface area (Å²) in [5.74, 6) is 0.711. The Labute approximate surface area is 140 Å². The molecule has 112 valence electrons. The summed E-state index contributed by atoms with van der Waals surface area (Å²) >= 11 is 3.68. The van der Waals surface area contributed by atoms with Crippen LogP contribution in [0.5, 0.6) is 0 Å². The fraction of sp³-hybridized carbons (Fsp3) is 0.333. The van der Waals surface area contributed by atoms with Gasteiger partial charge in [-0.3, -0.25) is 0 Å². The van der Waals surface area contributed by atoms with E-state index in [1.165, 1.54) is 45.3 Å². The highest BCUT2D eigenvalue weighted by molar-refractivity contribution is 9.10. The van der Waals surface area contributed by atoms with Gasteiger partial charge in [0.2, 0.25) is 0 Å². The maximum atomic E-state index is 3.68. The van der Waals surface area contributed by atoms with Crippen LogP contribution in [-0.2, 0) is 0 Å². The Morgan fingerprint density at radius 3 is 2.27 bits per heavy atom. The molecule has 4 rings (SSSR count). The molecule has 0 bridgehead atoms. The van der Waals surface area contributed by atoms with E-state index in [0.29, 0.717) is 11.3 Å². The second-order valence-electron chi connectivity index (χ2n) is 7.45. The predicted molar refractivity (Wildman–Crippen MR) is 99.5 cm³/mol. The molecule has 3 aromatic carbocycles. The molecule has 0 heterocycles. The van der Waals surface area contributed by atoms with Crippen molar-refractivity contribution >= 4 is 37.5 Å². The Morgan fingerprint density at radius 1 is 0.864 bits per heavy atom. The van der Waals surface area contributed by atoms with Gasteiger partial charge in [-0.05, 0) is 63.8 Å². The van der Waals surface area contributed by atoms with Gasteiger partial charge < -0.3 is 0 Å². The Kier molecular flexibility index (Phi) is 3.30. The topological polar surface area (TPSA) is 0 Å². The van der Waals surface area contributed by atoms with Crippen molar-refractivity contribution in [2.24, 2.45) is 5.41 Å². The van der Waals surface area contributed by atoms with Crippen molar-refractivity contribution < 1.29 is 0 Å². The quantitative estimate of drug-likeness (QED) is 0.411. The average molecular weight is 353 g/mol. The van der Waals surface area contributed by atoms with E-state index in [2.05, 4.69) is 78.3 Å². The van der Waals surface area contributed by atoms with Gasteiger partial charge in [0.05, 0.1) is 0 Å². The van der Waals surface area contributed by atoms with Crippen molar-refractivity contribution in [3.63, 3.8) is 0 Å². The lowest BCUT2D eigenvalue weighted by Gasteiger charge is -2.19. The lowest BCUT2D eigenvalue weighted by molar-refractivity contribution is 0.376. The lowest BCUT2D eigenvalue weighted by Crippen LogP contribution is -2.04. The third-order valence-corrected chi connectivity index (χ3v) is 6.00. The summed E-state index contributed by atoms with van der Waals surface area (Å²) in [5.41, 5.74) is 2.04. The van der Waals surface area contributed by atoms with Gasteiger partial charge in [-0.25, -0.2) is 0 Å². The third-order valence-electron chi connectivity index (χ3n) is 5.31. The van der Waals surface area contributed by atoms with E-state index in [4.69, 9.17) is 0 Å². The van der Waals surface area contributed by atoms with Crippen LogP contribution in [-0.4, -0.2) is 0 Å². The Hall–Kier alpha value is -1.34. The molecule has 0 aliphatic heterocycles. The van der Waals surface area contributed by atoms with Crippen LogP contribution in [0.25, 0.3) is 21.5 Å². The van der Waals surface area contributed by atoms with E-state index in [9.17, 15) is 0 Å². The molecule has 3 aromatic rings. The monoisotopic (exact) mass is 352 g/mol. The van der Waals surface area contributed by atoms with Crippen LogP contribution in [0.1, 0.15) is 44.6 Å². The first-order chi connectivity index (χ1) is 10.6. The zero-order valence-corrected chi connectivity index (χ0v) is 14.8. The van der Waals surface area contributed by atoms with Crippen molar-refractivity contribution in [2.45, 2.75) is 39.0 Å². The van der Waals surface area contributed by atoms with Gasteiger partial charge in [0, 0.05) is 4.47 Å². The molecule has 0 radical (unpaired) electrons. The molecule has 1 unspecified atom stereocenters. The molecule has 1 aliphatic rings. The molecule has 0 saturated heterocycles. The number of hydrogen-bond acceptors (Lipinski definition) is 0. The predicted octanol–water partition coefficient (Wildman–Crippen LogP) is 7.05. The smallest absolute Gasteiger partial charge is 0.0253 e. The van der Waals surface area contributed by atoms with Gasteiger partial charge in [-0.2, -0.15) is 0 Å². The normalized spacial score (nSPS) is 20.8. The Balaban J connectivity index is 1.95. The highest BCUT2D eigenvalue weighted by atomic mass is 79.9. The first kappa shape index (κ1) is 14.3. The van der Waals surface area contributed by atoms with Crippen molar-refractivity contribution in [2.75, 3.05) is 0 Å². The molecule has 0 spiro atoms. The molecular weight excluding hydrogens is 332 g/mol. The van der Waals surface area contributed by atoms with E-state index < -0.39 is 0 Å². The van der Waals surface area contributed by atoms with Gasteiger partial charge in [0.15, 0.2) is 0 Å². The molecule has 0 amide bonds. The largest absolute Gasteiger partial charge is 0.0613 e. The Bertz CT molecular complexity index is 860. The number of halogens is 1. The molecule has 1 heteroatoms. The average Bonchev–Trinajstić information content (AvgIpc) is 2.87. The number of fused-ring (bicyclic) bond motifs is 3. The van der Waals surface area contributed by atoms with Crippen LogP contribution < -0.4 is 0 Å². The molecule has 1 atom stereocenters. The second kappa shape index (κ2) is 5.09. The molecule has 0 nitrogen and oxygen atoms in total. The fourth-order valence-corrected chi connectivity index (χ4v) is 4.67. The van der Waals surface area contributed by atoms with E-state index in [1.54, 1.807) is 5.56 Å². The van der Waals surface area contributed by atoms with Crippen molar-refractivity contribution in [3.05, 3.63) is 58.6 Å². The molecule has 0 aromatic heterocycles. The molecule has 0 N–H and O–H groups in total. The van der Waals surface area contributed by atoms with Gasteiger partial charge >= 0.3 is 0 Å². The summed E-state index contributed by atoms with van der Waals surface area (Å²) in [6, 6.07) is 17.9. The van der Waals surface area contributed by atoms with Crippen LogP contribution in [0.4, 0.5) is 0 Å². The van der Waals surface area contributed by atoms with Gasteiger partial charge in [-0.1, -0.05) is 72.2 Å². The molecule has 1 saturated carbocycles. The molecule has 1 fully saturated rings. The standard InChI is InChI=1S/C21H21Br/c1-21(2)12-11-14(13-21)15-5-3-6-16-17-7-4-8-20(22)19(17)10-9-18(15)16/h3-10,14H,11-13H2,1-2H3. The number of hydrogen-bond donors (Lipinski definition) is 0. The summed E-state index contributed by atoms with van der Waals surface area (Å²) in [5, 5.41) is 5.49. The zero-order chi connectivity index (χ0) is 15.3. The Morgan fingerprint density at radius 2 is 1.55 bits per heavy atom. The summed E-state index contributed by atoms with van der Waals surface area (Å²) in [4.78, 5) is 0. The fourth-order valence-electron chi connectivity index (χ4n) is 4.17. The minimum Gasteiger partial charge on any atom is -0.0613 e. The van der Waals surface area contributed by atoms with Crippen molar-refractivity contribution in [1.29, 1.82) is 0 Å². The number of benzene rings is 3. The van der Waals surface area contributed by atoms with E-state index in [-0.39, 0.29) is 0 Å². The van der Waals surface area contributed by atoms with Crippen LogP contribution in [0.15, 0.2) is 53.0 Å². The summed E-state index contributed by atoms with van der Waals surface area (Å²) in [6.07, 6.45) is 3.97. The zero-order valence-electron chi connectivity index (χ0n) is 13.2. The lowest BCUT2D eigenvalue weighted by atomic mass is 9.86. The first-order valence-electron chi connectivity index (χ1n) is 8.15. The third kappa shape index (κ3) is 2.27. The van der Waals surface area contributed by atoms with Crippen molar-refractivity contribution in [3.8, 4) is 0 Å². The van der Waals surface area contributed by atoms with Crippen LogP contribution >= 0.6 is 15.9 Å². The van der Waals surface area contributed by atoms with Gasteiger partial charge in [0.25, 0.3) is 0 Å². The van der Waals surface area contributed by atoms with Crippen LogP contribution in [0, 0.1) is 5.41 Å². The maximum Gasteiger partial charge on any atom is 0.0253 e. The highest BCUT2D eigenvalue weighted by Gasteiger charge is 2.32. The van der Waals surface area contributed by atoms with Crippen molar-refractivity contribution in [1.82, 2.24) is 0 Å². The van der Waals surface area contributed by atoms with Crippen LogP contribution in [0.2, 0.25) is 0 Å². The van der Waals surface area contributed by atoms with E-state index in [1.807, 2.05) is 0 Å². The molecular formula is C21H21Br. The maximum absolute atomic E-state index is 3.68. The summed E-state index contributed by atoms with van der Waals surface area (Å²) in [7, 11) is 0. The highest BCUT2D eigenvalue weighted by Crippen LogP contribution is 2.47. The summed E-state index contributed by atoms with van der Waals surface area (Å²) < 4.78 is 1.18. The van der Waals surface area contributed by atoms with Gasteiger partial charge in [-0.15, -0.1) is 0 Å². The second-order valence-corrected chi connectivity index (χ2v) is 8.30. The SMILES string of the molecule is CC1(C)CCC(c2cccc3c2ccc2c(Br)cccc23)C1. The van der Waals surface area contributed by atoms with Crippen LogP contribution in [0.3, 0.4) is 0 Å². The summed E-state index contributed by atoms with van der Waals surface area (Å²) in [6.45, 7) is 4.81. The van der Waals surface area contributed by atoms with E-state index in [0.717, 1.165) is 0 Å². The minimum atomic E-state index is 0.493. The van der Waals surface area contributed by atoms with E-state index >= 15 is 0 Å². The molecule has 22 heavy (non-hydrogen) atoms. The number of rotatable bonds is 1. The molecule has 1 aliphatic carbocycles. The minimum absolute atomic E-state index is 0.493. The van der Waals surface area contributed by atoms with Gasteiger partial charge in [0.1, 0.15) is 0 Å². The first-order valence-corrected chi connectivity index (χ1v) is 8.94.